The molecule has 0 amide bonds. The van der Waals surface area contributed by atoms with Crippen LogP contribution in [0.25, 0.3) is 89.2 Å². The van der Waals surface area contributed by atoms with Gasteiger partial charge in [-0.05, 0) is 41.4 Å². The van der Waals surface area contributed by atoms with Gasteiger partial charge in [-0.3, -0.25) is 0 Å². The van der Waals surface area contributed by atoms with E-state index in [1.165, 1.54) is 24.3 Å². The number of fused-ring (bicyclic) bond motifs is 6. The fraction of sp³-hybridized carbons (Fsp3) is 0. The van der Waals surface area contributed by atoms with E-state index >= 15 is 0 Å². The second-order valence-electron chi connectivity index (χ2n) is 10.1. The Bertz CT molecular complexity index is 2940. The minimum Gasteiger partial charge on any atom is -0.456 e. The number of hydrogen-bond donors (Lipinski definition) is 0. The van der Waals surface area contributed by atoms with Gasteiger partial charge in [-0.1, -0.05) is 109 Å². The molecule has 5 heteroatoms. The van der Waals surface area contributed by atoms with Crippen LogP contribution >= 0.6 is 0 Å². The summed E-state index contributed by atoms with van der Waals surface area (Å²) >= 11 is 0. The van der Waals surface area contributed by atoms with Crippen LogP contribution in [-0.4, -0.2) is 15.0 Å². The average Bonchev–Trinajstić information content (AvgIpc) is 3.75. The van der Waals surface area contributed by atoms with Crippen molar-refractivity contribution in [2.24, 2.45) is 0 Å². The maximum atomic E-state index is 9.43. The van der Waals surface area contributed by atoms with Crippen molar-refractivity contribution in [1.82, 2.24) is 15.0 Å². The van der Waals surface area contributed by atoms with E-state index in [2.05, 4.69) is 0 Å². The fourth-order valence-corrected chi connectivity index (χ4v) is 5.40. The first-order valence-corrected chi connectivity index (χ1v) is 13.8. The molecule has 0 aliphatic heterocycles. The van der Waals surface area contributed by atoms with Crippen molar-refractivity contribution in [1.29, 1.82) is 0 Å². The third-order valence-corrected chi connectivity index (χ3v) is 7.44. The van der Waals surface area contributed by atoms with Crippen molar-refractivity contribution in [3.8, 4) is 45.3 Å². The molecule has 0 bridgehead atoms. The summed E-state index contributed by atoms with van der Waals surface area (Å²) in [6.07, 6.45) is 0. The first-order chi connectivity index (χ1) is 25.5. The van der Waals surface area contributed by atoms with Gasteiger partial charge in [0.2, 0.25) is 0 Å². The molecule has 9 rings (SSSR count). The zero-order chi connectivity index (χ0) is 36.9. The minimum atomic E-state index is -0.450. The topological polar surface area (TPSA) is 65.0 Å². The zero-order valence-corrected chi connectivity index (χ0v) is 22.7. The lowest BCUT2D eigenvalue weighted by atomic mass is 9.98. The predicted molar refractivity (Wildman–Crippen MR) is 176 cm³/mol. The second kappa shape index (κ2) is 9.75. The third kappa shape index (κ3) is 3.91. The molecule has 9 aromatic rings. The van der Waals surface area contributed by atoms with E-state index in [9.17, 15) is 4.11 Å². The summed E-state index contributed by atoms with van der Waals surface area (Å²) in [6, 6.07) is 21.7. The molecular weight excluding hydrogens is 542 g/mol. The molecule has 0 radical (unpaired) electrons. The van der Waals surface area contributed by atoms with Gasteiger partial charge in [-0.2, -0.15) is 0 Å². The quantitative estimate of drug-likeness (QED) is 0.209. The van der Waals surface area contributed by atoms with Crippen molar-refractivity contribution in [2.45, 2.75) is 0 Å². The molecule has 3 heterocycles. The highest BCUT2D eigenvalue weighted by Crippen LogP contribution is 2.40. The van der Waals surface area contributed by atoms with Gasteiger partial charge in [0.25, 0.3) is 0 Å². The number of benzene rings is 6. The number of para-hydroxylation sites is 2. The lowest BCUT2D eigenvalue weighted by Gasteiger charge is -2.08. The van der Waals surface area contributed by atoms with Crippen molar-refractivity contribution in [3.63, 3.8) is 0 Å². The first kappa shape index (κ1) is 17.1. The molecule has 0 spiro atoms. The Balaban J connectivity index is 1.37. The van der Waals surface area contributed by atoms with Crippen molar-refractivity contribution in [3.05, 3.63) is 139 Å². The molecule has 0 unspecified atom stereocenters. The molecule has 5 nitrogen and oxygen atoms in total. The Hall–Kier alpha value is -6.07. The Morgan fingerprint density at radius 1 is 0.455 bits per heavy atom. The molecule has 0 saturated carbocycles. The molecule has 0 atom stereocenters. The summed E-state index contributed by atoms with van der Waals surface area (Å²) in [7, 11) is 0. The van der Waals surface area contributed by atoms with E-state index in [0.717, 1.165) is 0 Å². The van der Waals surface area contributed by atoms with Gasteiger partial charge in [0.1, 0.15) is 22.3 Å². The highest BCUT2D eigenvalue weighted by atomic mass is 16.3. The molecule has 0 aliphatic carbocycles. The maximum absolute atomic E-state index is 9.43. The van der Waals surface area contributed by atoms with E-state index in [4.69, 9.17) is 32.0 Å². The summed E-state index contributed by atoms with van der Waals surface area (Å²) in [5, 5.41) is 0.434. The molecule has 0 saturated heterocycles. The summed E-state index contributed by atoms with van der Waals surface area (Å²) in [6.45, 7) is 0. The predicted octanol–water partition coefficient (Wildman–Crippen LogP) is 10.3. The molecule has 44 heavy (non-hydrogen) atoms. The number of rotatable bonds is 4. The van der Waals surface area contributed by atoms with E-state index < -0.39 is 12.1 Å². The van der Waals surface area contributed by atoms with E-state index in [1.54, 1.807) is 0 Å². The van der Waals surface area contributed by atoms with Crippen LogP contribution < -0.4 is 0 Å². The lowest BCUT2D eigenvalue weighted by molar-refractivity contribution is 0.668. The van der Waals surface area contributed by atoms with Crippen LogP contribution in [-0.2, 0) is 0 Å². The van der Waals surface area contributed by atoms with Crippen molar-refractivity contribution >= 4 is 43.9 Å². The molecular formula is C39H23N3O2. The molecule has 206 valence electrons. The van der Waals surface area contributed by atoms with E-state index in [0.29, 0.717) is 22.8 Å². The van der Waals surface area contributed by atoms with Crippen LogP contribution in [0, 0.1) is 0 Å². The van der Waals surface area contributed by atoms with Crippen LogP contribution in [0.3, 0.4) is 0 Å². The van der Waals surface area contributed by atoms with Gasteiger partial charge in [0.05, 0.1) is 17.9 Å². The first-order valence-electron chi connectivity index (χ1n) is 18.3. The van der Waals surface area contributed by atoms with Crippen LogP contribution in [0.1, 0.15) is 12.3 Å². The Kier molecular flexibility index (Phi) is 3.80. The van der Waals surface area contributed by atoms with Gasteiger partial charge in [-0.25, -0.2) is 15.0 Å². The molecule has 0 aliphatic rings. The number of furan rings is 2. The van der Waals surface area contributed by atoms with Crippen LogP contribution in [0.2, 0.25) is 0 Å². The fourth-order valence-electron chi connectivity index (χ4n) is 5.40. The van der Waals surface area contributed by atoms with Crippen molar-refractivity contribution < 1.29 is 21.2 Å². The number of hydrogen-bond acceptors (Lipinski definition) is 5. The summed E-state index contributed by atoms with van der Waals surface area (Å²) in [5.74, 6) is 0.826. The van der Waals surface area contributed by atoms with Crippen LogP contribution in [0.5, 0.6) is 0 Å². The monoisotopic (exact) mass is 574 g/mol. The molecule has 6 aromatic carbocycles. The van der Waals surface area contributed by atoms with Gasteiger partial charge in [0.15, 0.2) is 17.5 Å². The van der Waals surface area contributed by atoms with Gasteiger partial charge in [0, 0.05) is 32.7 Å². The molecule has 3 aromatic heterocycles. The lowest BCUT2D eigenvalue weighted by Crippen LogP contribution is -2.00. The van der Waals surface area contributed by atoms with Gasteiger partial charge >= 0.3 is 0 Å². The Morgan fingerprint density at radius 2 is 1.18 bits per heavy atom. The second-order valence-corrected chi connectivity index (χ2v) is 10.1. The Morgan fingerprint density at radius 3 is 1.95 bits per heavy atom. The summed E-state index contributed by atoms with van der Waals surface area (Å²) in [4.78, 5) is 14.3. The zero-order valence-electron chi connectivity index (χ0n) is 31.7. The van der Waals surface area contributed by atoms with E-state index in [1.807, 2.05) is 60.7 Å². The SMILES string of the molecule is [2H]c1cc([2H])c2oc3c([2H])cc([2H])c(-c4c([2H])c([2H])c5c(oc6c(-c7nc(-c8ccccc8)nc(-c8ccccc8)n7)cc([2H])c([2H])c65)c4[2H])c3c2c1. The van der Waals surface area contributed by atoms with Crippen molar-refractivity contribution in [2.75, 3.05) is 0 Å². The average molecular weight is 575 g/mol. The number of aromatic nitrogens is 3. The highest BCUT2D eigenvalue weighted by molar-refractivity contribution is 6.14. The van der Waals surface area contributed by atoms with Gasteiger partial charge in [-0.15, -0.1) is 0 Å². The van der Waals surface area contributed by atoms with E-state index in [-0.39, 0.29) is 109 Å². The van der Waals surface area contributed by atoms with Gasteiger partial charge < -0.3 is 8.83 Å². The van der Waals surface area contributed by atoms with Crippen LogP contribution in [0.15, 0.2) is 148 Å². The molecule has 0 fully saturated rings. The largest absolute Gasteiger partial charge is 0.456 e. The highest BCUT2D eigenvalue weighted by Gasteiger charge is 2.19. The standard InChI is InChI=1S/C39H23N3O2/c1-3-11-24(12-4-1)37-40-38(25-13-5-2-6-14-25)42-39(41-37)31-18-9-17-29-28-22-21-26(23-34(28)44-36(29)31)27-16-10-20-33-35(27)30-15-7-8-19-32(30)43-33/h1-23H/i7D,9D,16D,17D,19D,20D,21D,22D,23D. The van der Waals surface area contributed by atoms with Crippen LogP contribution in [0.4, 0.5) is 0 Å². The number of nitrogens with zero attached hydrogens (tertiary/aromatic N) is 3. The maximum Gasteiger partial charge on any atom is 0.167 e. The Labute approximate surface area is 264 Å². The minimum absolute atomic E-state index is 0.00458. The summed E-state index contributed by atoms with van der Waals surface area (Å²) < 4.78 is 92.0. The normalized spacial score (nSPS) is 14.5. The smallest absolute Gasteiger partial charge is 0.167 e. The third-order valence-electron chi connectivity index (χ3n) is 7.44. The molecule has 0 N–H and O–H groups in total. The summed E-state index contributed by atoms with van der Waals surface area (Å²) in [5.41, 5.74) is 1.46.